The molecule has 6 heteroatoms. The molecule has 0 amide bonds. The Balaban J connectivity index is 1.85. The van der Waals surface area contributed by atoms with Crippen molar-refractivity contribution in [3.05, 3.63) is 22.7 Å². The minimum atomic E-state index is -0.481. The second-order valence-electron chi connectivity index (χ2n) is 8.39. The first kappa shape index (κ1) is 20.3. The van der Waals surface area contributed by atoms with Crippen LogP contribution in [-0.2, 0) is 16.0 Å². The normalized spacial score (nSPS) is 22.7. The number of benzene rings is 1. The number of halogens is 1. The third kappa shape index (κ3) is 4.88. The zero-order chi connectivity index (χ0) is 19.6. The van der Waals surface area contributed by atoms with Gasteiger partial charge in [0.25, 0.3) is 0 Å². The quantitative estimate of drug-likeness (QED) is 0.689. The molecule has 0 N–H and O–H groups in total. The van der Waals surface area contributed by atoms with Gasteiger partial charge in [-0.25, -0.2) is 0 Å². The predicted molar refractivity (Wildman–Crippen MR) is 106 cm³/mol. The Morgan fingerprint density at radius 3 is 2.67 bits per heavy atom. The van der Waals surface area contributed by atoms with Gasteiger partial charge in [0.05, 0.1) is 5.92 Å². The van der Waals surface area contributed by atoms with Crippen LogP contribution >= 0.6 is 11.6 Å². The van der Waals surface area contributed by atoms with Crippen LogP contribution in [0.4, 0.5) is 0 Å². The van der Waals surface area contributed by atoms with Gasteiger partial charge in [0.2, 0.25) is 6.79 Å². The first-order valence-corrected chi connectivity index (χ1v) is 10.2. The Morgan fingerprint density at radius 1 is 1.30 bits per heavy atom. The maximum atomic E-state index is 12.9. The van der Waals surface area contributed by atoms with Crippen molar-refractivity contribution in [3.63, 3.8) is 0 Å². The lowest BCUT2D eigenvalue weighted by molar-refractivity contribution is -0.164. The van der Waals surface area contributed by atoms with Gasteiger partial charge in [-0.3, -0.25) is 9.69 Å². The largest absolute Gasteiger partial charge is 0.460 e. The van der Waals surface area contributed by atoms with E-state index in [0.29, 0.717) is 17.2 Å². The molecule has 1 aromatic carbocycles. The fourth-order valence-corrected chi connectivity index (χ4v) is 4.19. The smallest absolute Gasteiger partial charge is 0.311 e. The third-order valence-electron chi connectivity index (χ3n) is 5.08. The van der Waals surface area contributed by atoms with Gasteiger partial charge >= 0.3 is 5.97 Å². The lowest BCUT2D eigenvalue weighted by Crippen LogP contribution is -2.50. The predicted octanol–water partition coefficient (Wildman–Crippen LogP) is 4.44. The van der Waals surface area contributed by atoms with E-state index < -0.39 is 5.60 Å². The van der Waals surface area contributed by atoms with E-state index in [0.717, 1.165) is 43.7 Å². The molecule has 0 aliphatic carbocycles. The first-order chi connectivity index (χ1) is 12.8. The van der Waals surface area contributed by atoms with Crippen molar-refractivity contribution in [2.24, 2.45) is 5.92 Å². The van der Waals surface area contributed by atoms with Gasteiger partial charge in [-0.05, 0) is 71.2 Å². The van der Waals surface area contributed by atoms with Gasteiger partial charge in [-0.15, -0.1) is 0 Å². The number of hydrogen-bond acceptors (Lipinski definition) is 5. The van der Waals surface area contributed by atoms with Crippen molar-refractivity contribution in [2.75, 3.05) is 19.9 Å². The highest BCUT2D eigenvalue weighted by Gasteiger charge is 2.38. The highest BCUT2D eigenvalue weighted by Crippen LogP contribution is 2.39. The lowest BCUT2D eigenvalue weighted by atomic mass is 9.84. The van der Waals surface area contributed by atoms with Crippen LogP contribution in [0.1, 0.15) is 52.5 Å². The fraction of sp³-hybridized carbons (Fsp3) is 0.667. The zero-order valence-electron chi connectivity index (χ0n) is 16.7. The Bertz CT molecular complexity index is 683. The lowest BCUT2D eigenvalue weighted by Gasteiger charge is -2.41. The van der Waals surface area contributed by atoms with E-state index in [2.05, 4.69) is 11.8 Å². The second-order valence-corrected chi connectivity index (χ2v) is 8.79. The monoisotopic (exact) mass is 395 g/mol. The molecule has 0 radical (unpaired) electrons. The number of fused-ring (bicyclic) bond motifs is 1. The average molecular weight is 396 g/mol. The van der Waals surface area contributed by atoms with E-state index in [4.69, 9.17) is 25.8 Å². The highest BCUT2D eigenvalue weighted by molar-refractivity contribution is 6.31. The van der Waals surface area contributed by atoms with Gasteiger partial charge < -0.3 is 14.2 Å². The molecule has 2 aliphatic rings. The Morgan fingerprint density at radius 2 is 2.00 bits per heavy atom. The zero-order valence-corrected chi connectivity index (χ0v) is 17.5. The Hall–Kier alpha value is -1.46. The number of piperidine rings is 1. The summed E-state index contributed by atoms with van der Waals surface area (Å²) in [7, 11) is 0. The summed E-state index contributed by atoms with van der Waals surface area (Å²) in [4.78, 5) is 15.3. The molecule has 150 valence electrons. The number of carbonyl (C=O) groups is 1. The number of rotatable bonds is 5. The van der Waals surface area contributed by atoms with Crippen LogP contribution in [0.25, 0.3) is 0 Å². The highest BCUT2D eigenvalue weighted by atomic mass is 35.5. The van der Waals surface area contributed by atoms with Crippen LogP contribution < -0.4 is 9.47 Å². The fourth-order valence-electron chi connectivity index (χ4n) is 3.96. The van der Waals surface area contributed by atoms with Crippen molar-refractivity contribution in [3.8, 4) is 11.5 Å². The number of hydrogen-bond donors (Lipinski definition) is 0. The number of carbonyl (C=O) groups excluding carboxylic acids is 1. The molecule has 1 aromatic rings. The van der Waals surface area contributed by atoms with Crippen molar-refractivity contribution >= 4 is 17.6 Å². The molecule has 27 heavy (non-hydrogen) atoms. The molecule has 0 aromatic heterocycles. The van der Waals surface area contributed by atoms with E-state index in [9.17, 15) is 4.79 Å². The topological polar surface area (TPSA) is 48.0 Å². The summed E-state index contributed by atoms with van der Waals surface area (Å²) >= 11 is 6.52. The first-order valence-electron chi connectivity index (χ1n) is 9.83. The van der Waals surface area contributed by atoms with Crippen molar-refractivity contribution in [1.29, 1.82) is 0 Å². The van der Waals surface area contributed by atoms with E-state index in [1.807, 2.05) is 32.9 Å². The summed E-state index contributed by atoms with van der Waals surface area (Å²) in [5, 5.41) is 0.657. The van der Waals surface area contributed by atoms with Crippen LogP contribution in [0.15, 0.2) is 12.1 Å². The minimum absolute atomic E-state index is 0.0754. The summed E-state index contributed by atoms with van der Waals surface area (Å²) < 4.78 is 16.7. The second kappa shape index (κ2) is 8.27. The standard InChI is InChI=1S/C21H30ClNO4/c1-5-8-23-9-6-7-15(20(24)27-21(2,3)4)17(23)10-14-11-18-19(12-16(14)22)26-13-25-18/h11-12,15,17H,5-10,13H2,1-4H3. The molecular formula is C21H30ClNO4. The summed E-state index contributed by atoms with van der Waals surface area (Å²) in [6.07, 6.45) is 3.60. The molecule has 2 unspecified atom stereocenters. The minimum Gasteiger partial charge on any atom is -0.460 e. The van der Waals surface area contributed by atoms with Crippen LogP contribution in [0.5, 0.6) is 11.5 Å². The van der Waals surface area contributed by atoms with E-state index >= 15 is 0 Å². The molecule has 1 saturated heterocycles. The molecule has 5 nitrogen and oxygen atoms in total. The number of esters is 1. The van der Waals surface area contributed by atoms with Gasteiger partial charge in [-0.2, -0.15) is 0 Å². The maximum absolute atomic E-state index is 12.9. The van der Waals surface area contributed by atoms with E-state index in [-0.39, 0.29) is 24.7 Å². The van der Waals surface area contributed by atoms with E-state index in [1.165, 1.54) is 0 Å². The molecule has 0 bridgehead atoms. The Kier molecular flexibility index (Phi) is 6.21. The van der Waals surface area contributed by atoms with Gasteiger partial charge in [0, 0.05) is 17.1 Å². The molecule has 2 atom stereocenters. The summed E-state index contributed by atoms with van der Waals surface area (Å²) in [5.41, 5.74) is 0.507. The molecule has 0 spiro atoms. The van der Waals surface area contributed by atoms with Gasteiger partial charge in [-0.1, -0.05) is 18.5 Å². The third-order valence-corrected chi connectivity index (χ3v) is 5.44. The molecule has 0 saturated carbocycles. The SMILES string of the molecule is CCCN1CCCC(C(=O)OC(C)(C)C)C1Cc1cc2c(cc1Cl)OCO2. The summed E-state index contributed by atoms with van der Waals surface area (Å²) in [6, 6.07) is 3.84. The van der Waals surface area contributed by atoms with Crippen LogP contribution in [0.3, 0.4) is 0 Å². The molecule has 2 heterocycles. The summed E-state index contributed by atoms with van der Waals surface area (Å²) in [5.74, 6) is 1.15. The van der Waals surface area contributed by atoms with Gasteiger partial charge in [0.15, 0.2) is 11.5 Å². The number of nitrogens with zero attached hydrogens (tertiary/aromatic N) is 1. The van der Waals surface area contributed by atoms with Crippen molar-refractivity contribution in [1.82, 2.24) is 4.90 Å². The Labute approximate surface area is 166 Å². The number of ether oxygens (including phenoxy) is 3. The molecule has 2 aliphatic heterocycles. The molecule has 3 rings (SSSR count). The van der Waals surface area contributed by atoms with Crippen molar-refractivity contribution in [2.45, 2.75) is 65.0 Å². The van der Waals surface area contributed by atoms with Crippen LogP contribution in [-0.4, -0.2) is 42.4 Å². The van der Waals surface area contributed by atoms with Gasteiger partial charge in [0.1, 0.15) is 5.60 Å². The molecular weight excluding hydrogens is 366 g/mol. The van der Waals surface area contributed by atoms with Crippen LogP contribution in [0, 0.1) is 5.92 Å². The average Bonchev–Trinajstić information content (AvgIpc) is 3.02. The summed E-state index contributed by atoms with van der Waals surface area (Å²) in [6.45, 7) is 10.1. The number of likely N-dealkylation sites (tertiary alicyclic amines) is 1. The van der Waals surface area contributed by atoms with E-state index in [1.54, 1.807) is 0 Å². The molecule has 1 fully saturated rings. The maximum Gasteiger partial charge on any atom is 0.311 e. The van der Waals surface area contributed by atoms with Crippen molar-refractivity contribution < 1.29 is 19.0 Å². The van der Waals surface area contributed by atoms with Crippen LogP contribution in [0.2, 0.25) is 5.02 Å².